The fourth-order valence-corrected chi connectivity index (χ4v) is 2.95. The van der Waals surface area contributed by atoms with E-state index in [1.807, 2.05) is 0 Å². The number of rotatable bonds is 1. The Labute approximate surface area is 108 Å². The first-order valence-electron chi connectivity index (χ1n) is 5.15. The van der Waals surface area contributed by atoms with Crippen molar-refractivity contribution in [3.8, 4) is 10.6 Å². The lowest BCUT2D eigenvalue weighted by molar-refractivity contribution is 0.602. The fourth-order valence-electron chi connectivity index (χ4n) is 1.42. The molecule has 0 spiro atoms. The summed E-state index contributed by atoms with van der Waals surface area (Å²) in [7, 11) is 0. The molecule has 2 nitrogen and oxygen atoms in total. The van der Waals surface area contributed by atoms with Gasteiger partial charge in [0, 0.05) is 16.6 Å². The van der Waals surface area contributed by atoms with Gasteiger partial charge in [0.15, 0.2) is 0 Å². The highest BCUT2D eigenvalue weighted by molar-refractivity contribution is 7.15. The van der Waals surface area contributed by atoms with Crippen LogP contribution in [0.3, 0.4) is 0 Å². The van der Waals surface area contributed by atoms with Crippen molar-refractivity contribution in [3.05, 3.63) is 34.3 Å². The molecule has 0 aliphatic carbocycles. The van der Waals surface area contributed by atoms with E-state index in [0.717, 1.165) is 4.88 Å². The maximum Gasteiger partial charge on any atom is 0.144 e. The van der Waals surface area contributed by atoms with Crippen LogP contribution in [0.15, 0.2) is 18.5 Å². The molecule has 0 fully saturated rings. The zero-order chi connectivity index (χ0) is 12.6. The van der Waals surface area contributed by atoms with Crippen LogP contribution in [0.1, 0.15) is 25.6 Å². The minimum atomic E-state index is -0.369. The second-order valence-electron chi connectivity index (χ2n) is 4.78. The molecule has 0 aromatic carbocycles. The van der Waals surface area contributed by atoms with Gasteiger partial charge in [-0.2, -0.15) is 0 Å². The monoisotopic (exact) mass is 270 g/mol. The fraction of sp³-hybridized carbons (Fsp3) is 0.333. The number of thiazole rings is 1. The zero-order valence-electron chi connectivity index (χ0n) is 9.79. The highest BCUT2D eigenvalue weighted by atomic mass is 35.5. The van der Waals surface area contributed by atoms with Crippen molar-refractivity contribution >= 4 is 22.9 Å². The summed E-state index contributed by atoms with van der Waals surface area (Å²) in [6.45, 7) is 6.21. The van der Waals surface area contributed by atoms with Crippen LogP contribution >= 0.6 is 22.9 Å². The van der Waals surface area contributed by atoms with Crippen LogP contribution < -0.4 is 0 Å². The first-order valence-corrected chi connectivity index (χ1v) is 6.35. The summed E-state index contributed by atoms with van der Waals surface area (Å²) < 4.78 is 13.1. The van der Waals surface area contributed by atoms with Gasteiger partial charge in [-0.1, -0.05) is 32.4 Å². The van der Waals surface area contributed by atoms with E-state index < -0.39 is 0 Å². The number of pyridine rings is 1. The molecule has 0 radical (unpaired) electrons. The van der Waals surface area contributed by atoms with Gasteiger partial charge in [0.05, 0.1) is 6.20 Å². The van der Waals surface area contributed by atoms with Crippen molar-refractivity contribution in [1.82, 2.24) is 9.97 Å². The topological polar surface area (TPSA) is 25.8 Å². The summed E-state index contributed by atoms with van der Waals surface area (Å²) in [5, 5.41) is 1.19. The normalized spacial score (nSPS) is 11.8. The van der Waals surface area contributed by atoms with E-state index in [9.17, 15) is 4.39 Å². The molecule has 2 rings (SSSR count). The van der Waals surface area contributed by atoms with Gasteiger partial charge in [0.2, 0.25) is 0 Å². The SMILES string of the molecule is CC(C)(C)c1sc(-c2cncc(F)c2)nc1Cl. The molecule has 0 aliphatic heterocycles. The Hall–Kier alpha value is -1.00. The molecule has 0 N–H and O–H groups in total. The summed E-state index contributed by atoms with van der Waals surface area (Å²) in [6.07, 6.45) is 2.76. The molecule has 2 heterocycles. The summed E-state index contributed by atoms with van der Waals surface area (Å²) >= 11 is 7.58. The van der Waals surface area contributed by atoms with Gasteiger partial charge >= 0.3 is 0 Å². The Morgan fingerprint density at radius 2 is 2.00 bits per heavy atom. The average molecular weight is 271 g/mol. The quantitative estimate of drug-likeness (QED) is 0.772. The highest BCUT2D eigenvalue weighted by Crippen LogP contribution is 2.38. The van der Waals surface area contributed by atoms with Crippen molar-refractivity contribution in [2.24, 2.45) is 0 Å². The van der Waals surface area contributed by atoms with Crippen LogP contribution in [-0.2, 0) is 5.41 Å². The Balaban J connectivity index is 2.49. The Bertz CT molecular complexity index is 546. The molecule has 0 bridgehead atoms. The third kappa shape index (κ3) is 2.64. The van der Waals surface area contributed by atoms with Crippen LogP contribution in [0.5, 0.6) is 0 Å². The first-order chi connectivity index (χ1) is 7.88. The van der Waals surface area contributed by atoms with E-state index in [1.165, 1.54) is 23.6 Å². The maximum absolute atomic E-state index is 13.1. The summed E-state index contributed by atoms with van der Waals surface area (Å²) in [5.74, 6) is -0.369. The number of hydrogen-bond acceptors (Lipinski definition) is 3. The lowest BCUT2D eigenvalue weighted by Crippen LogP contribution is -2.08. The van der Waals surface area contributed by atoms with E-state index in [-0.39, 0.29) is 11.2 Å². The molecule has 0 unspecified atom stereocenters. The molecule has 2 aromatic heterocycles. The maximum atomic E-state index is 13.1. The Morgan fingerprint density at radius 3 is 2.53 bits per heavy atom. The van der Waals surface area contributed by atoms with Gasteiger partial charge in [-0.15, -0.1) is 11.3 Å². The molecule has 2 aromatic rings. The molecule has 0 aliphatic rings. The standard InChI is InChI=1S/C12H12ClFN2S/c1-12(2,3)9-10(13)16-11(17-9)7-4-8(14)6-15-5-7/h4-6H,1-3H3. The molecule has 0 saturated heterocycles. The second-order valence-corrected chi connectivity index (χ2v) is 6.14. The Morgan fingerprint density at radius 1 is 1.29 bits per heavy atom. The predicted molar refractivity (Wildman–Crippen MR) is 69.0 cm³/mol. The molecule has 90 valence electrons. The van der Waals surface area contributed by atoms with E-state index in [1.54, 1.807) is 6.20 Å². The number of aromatic nitrogens is 2. The van der Waals surface area contributed by atoms with Gasteiger partial charge in [-0.3, -0.25) is 4.98 Å². The molecule has 5 heteroatoms. The lowest BCUT2D eigenvalue weighted by Gasteiger charge is -2.15. The molecule has 0 amide bonds. The second kappa shape index (κ2) is 4.35. The van der Waals surface area contributed by atoms with Crippen LogP contribution in [0.2, 0.25) is 5.15 Å². The van der Waals surface area contributed by atoms with Gasteiger partial charge in [0.1, 0.15) is 16.0 Å². The van der Waals surface area contributed by atoms with Crippen LogP contribution in [0.4, 0.5) is 4.39 Å². The molecule has 0 atom stereocenters. The number of nitrogens with zero attached hydrogens (tertiary/aromatic N) is 2. The number of hydrogen-bond donors (Lipinski definition) is 0. The summed E-state index contributed by atoms with van der Waals surface area (Å²) in [6, 6.07) is 1.41. The van der Waals surface area contributed by atoms with E-state index in [2.05, 4.69) is 30.7 Å². The van der Waals surface area contributed by atoms with Crippen molar-refractivity contribution < 1.29 is 4.39 Å². The zero-order valence-corrected chi connectivity index (χ0v) is 11.4. The van der Waals surface area contributed by atoms with Gasteiger partial charge in [-0.25, -0.2) is 9.37 Å². The van der Waals surface area contributed by atoms with Crippen molar-refractivity contribution in [2.45, 2.75) is 26.2 Å². The number of halogens is 2. The summed E-state index contributed by atoms with van der Waals surface area (Å²) in [4.78, 5) is 9.07. The third-order valence-corrected chi connectivity index (χ3v) is 4.13. The van der Waals surface area contributed by atoms with Crippen molar-refractivity contribution in [3.63, 3.8) is 0 Å². The Kier molecular flexibility index (Phi) is 3.19. The minimum Gasteiger partial charge on any atom is -0.261 e. The van der Waals surface area contributed by atoms with Crippen LogP contribution in [0, 0.1) is 5.82 Å². The van der Waals surface area contributed by atoms with Gasteiger partial charge in [0.25, 0.3) is 0 Å². The predicted octanol–water partition coefficient (Wildman–Crippen LogP) is 4.30. The lowest BCUT2D eigenvalue weighted by atomic mass is 9.95. The third-order valence-electron chi connectivity index (χ3n) is 2.22. The van der Waals surface area contributed by atoms with Crippen molar-refractivity contribution in [1.29, 1.82) is 0 Å². The van der Waals surface area contributed by atoms with Gasteiger partial charge < -0.3 is 0 Å². The van der Waals surface area contributed by atoms with E-state index in [4.69, 9.17) is 11.6 Å². The van der Waals surface area contributed by atoms with Crippen LogP contribution in [0.25, 0.3) is 10.6 Å². The van der Waals surface area contributed by atoms with E-state index >= 15 is 0 Å². The van der Waals surface area contributed by atoms with Crippen LogP contribution in [-0.4, -0.2) is 9.97 Å². The van der Waals surface area contributed by atoms with Gasteiger partial charge in [-0.05, 0) is 11.5 Å². The van der Waals surface area contributed by atoms with Crippen molar-refractivity contribution in [2.75, 3.05) is 0 Å². The molecular weight excluding hydrogens is 259 g/mol. The molecule has 0 saturated carbocycles. The molecular formula is C12H12ClFN2S. The summed E-state index contributed by atoms with van der Waals surface area (Å²) in [5.41, 5.74) is 0.598. The minimum absolute atomic E-state index is 0.0618. The smallest absolute Gasteiger partial charge is 0.144 e. The first kappa shape index (κ1) is 12.5. The van der Waals surface area contributed by atoms with E-state index in [0.29, 0.717) is 15.7 Å². The molecule has 17 heavy (non-hydrogen) atoms. The largest absolute Gasteiger partial charge is 0.261 e. The average Bonchev–Trinajstić information content (AvgIpc) is 2.60. The highest BCUT2D eigenvalue weighted by Gasteiger charge is 2.22.